The molecule has 90 valence electrons. The van der Waals surface area contributed by atoms with Gasteiger partial charge in [0, 0.05) is 11.3 Å². The van der Waals surface area contributed by atoms with Crippen LogP contribution in [-0.4, -0.2) is 23.3 Å². The largest absolute Gasteiger partial charge is 0.317 e. The van der Waals surface area contributed by atoms with Gasteiger partial charge in [0.05, 0.1) is 10.2 Å². The minimum Gasteiger partial charge on any atom is -0.317 e. The van der Waals surface area contributed by atoms with Crippen LogP contribution >= 0.6 is 23.1 Å². The molecule has 0 radical (unpaired) electrons. The van der Waals surface area contributed by atoms with Crippen LogP contribution in [0.5, 0.6) is 0 Å². The number of hydrogen-bond acceptors (Lipinski definition) is 4. The first-order chi connectivity index (χ1) is 8.35. The van der Waals surface area contributed by atoms with Crippen LogP contribution in [0.4, 0.5) is 0 Å². The van der Waals surface area contributed by atoms with Crippen LogP contribution in [0.25, 0.3) is 10.2 Å². The Labute approximate surface area is 110 Å². The average Bonchev–Trinajstić information content (AvgIpc) is 2.94. The van der Waals surface area contributed by atoms with E-state index in [0.29, 0.717) is 6.04 Å². The molecule has 2 nitrogen and oxygen atoms in total. The summed E-state index contributed by atoms with van der Waals surface area (Å²) in [5, 5.41) is 4.12. The van der Waals surface area contributed by atoms with E-state index in [-0.39, 0.29) is 0 Å². The summed E-state index contributed by atoms with van der Waals surface area (Å²) in [7, 11) is 2.06. The summed E-state index contributed by atoms with van der Waals surface area (Å²) in [6.07, 6.45) is 3.89. The van der Waals surface area contributed by atoms with Crippen molar-refractivity contribution >= 4 is 33.3 Å². The van der Waals surface area contributed by atoms with E-state index in [4.69, 9.17) is 0 Å². The maximum absolute atomic E-state index is 4.69. The van der Waals surface area contributed by atoms with Gasteiger partial charge in [0.25, 0.3) is 0 Å². The number of aromatic nitrogens is 1. The van der Waals surface area contributed by atoms with Crippen LogP contribution in [0, 0.1) is 0 Å². The highest BCUT2D eigenvalue weighted by atomic mass is 32.2. The Bertz CT molecular complexity index is 476. The first-order valence-corrected chi connectivity index (χ1v) is 7.74. The number of nitrogens with one attached hydrogen (secondary N) is 1. The van der Waals surface area contributed by atoms with Gasteiger partial charge in [0.15, 0.2) is 4.34 Å². The Morgan fingerprint density at radius 3 is 3.00 bits per heavy atom. The molecule has 0 spiro atoms. The van der Waals surface area contributed by atoms with Gasteiger partial charge in [-0.25, -0.2) is 4.98 Å². The Hall–Kier alpha value is -0.580. The Morgan fingerprint density at radius 2 is 2.24 bits per heavy atom. The fourth-order valence-corrected chi connectivity index (χ4v) is 4.94. The van der Waals surface area contributed by atoms with Crippen LogP contribution in [0.3, 0.4) is 0 Å². The lowest BCUT2D eigenvalue weighted by atomic mass is 10.3. The molecule has 1 aromatic carbocycles. The number of thioether (sulfide) groups is 1. The number of benzene rings is 1. The van der Waals surface area contributed by atoms with Gasteiger partial charge in [0.1, 0.15) is 0 Å². The molecule has 1 saturated carbocycles. The number of fused-ring (bicyclic) bond motifs is 1. The van der Waals surface area contributed by atoms with Gasteiger partial charge in [-0.1, -0.05) is 23.9 Å². The first kappa shape index (κ1) is 11.5. The third kappa shape index (κ3) is 2.49. The topological polar surface area (TPSA) is 24.9 Å². The number of thiazole rings is 1. The molecule has 0 amide bonds. The fraction of sp³-hybridized carbons (Fsp3) is 0.462. The second-order valence-corrected chi connectivity index (χ2v) is 7.06. The van der Waals surface area contributed by atoms with Crippen molar-refractivity contribution in [2.24, 2.45) is 0 Å². The van der Waals surface area contributed by atoms with E-state index in [1.165, 1.54) is 28.3 Å². The summed E-state index contributed by atoms with van der Waals surface area (Å²) in [6.45, 7) is 0. The van der Waals surface area contributed by atoms with E-state index in [0.717, 1.165) is 10.8 Å². The molecule has 2 unspecified atom stereocenters. The quantitative estimate of drug-likeness (QED) is 0.918. The van der Waals surface area contributed by atoms with E-state index in [1.54, 1.807) is 0 Å². The average molecular weight is 264 g/mol. The summed E-state index contributed by atoms with van der Waals surface area (Å²) in [5.74, 6) is 0. The summed E-state index contributed by atoms with van der Waals surface area (Å²) in [6, 6.07) is 9.11. The third-order valence-electron chi connectivity index (χ3n) is 3.33. The smallest absolute Gasteiger partial charge is 0.151 e. The predicted octanol–water partition coefficient (Wildman–Crippen LogP) is 3.53. The molecule has 0 saturated heterocycles. The molecular weight excluding hydrogens is 248 g/mol. The molecule has 2 atom stereocenters. The predicted molar refractivity (Wildman–Crippen MR) is 76.0 cm³/mol. The molecule has 0 aliphatic heterocycles. The Kier molecular flexibility index (Phi) is 3.36. The van der Waals surface area contributed by atoms with Crippen molar-refractivity contribution in [3.05, 3.63) is 24.3 Å². The zero-order chi connectivity index (χ0) is 11.7. The number of rotatable bonds is 3. The van der Waals surface area contributed by atoms with Crippen LogP contribution in [0.1, 0.15) is 19.3 Å². The van der Waals surface area contributed by atoms with Gasteiger partial charge in [-0.2, -0.15) is 0 Å². The molecule has 1 aliphatic rings. The summed E-state index contributed by atoms with van der Waals surface area (Å²) >= 11 is 3.79. The van der Waals surface area contributed by atoms with Gasteiger partial charge >= 0.3 is 0 Å². The lowest BCUT2D eigenvalue weighted by Crippen LogP contribution is -2.21. The van der Waals surface area contributed by atoms with E-state index < -0.39 is 0 Å². The molecule has 1 fully saturated rings. The second-order valence-electron chi connectivity index (χ2n) is 4.49. The molecule has 0 bridgehead atoms. The van der Waals surface area contributed by atoms with Gasteiger partial charge in [0.2, 0.25) is 0 Å². The Balaban J connectivity index is 1.73. The number of hydrogen-bond donors (Lipinski definition) is 1. The molecule has 17 heavy (non-hydrogen) atoms. The van der Waals surface area contributed by atoms with E-state index in [9.17, 15) is 0 Å². The van der Waals surface area contributed by atoms with E-state index in [2.05, 4.69) is 41.6 Å². The van der Waals surface area contributed by atoms with Crippen molar-refractivity contribution in [2.75, 3.05) is 7.05 Å². The zero-order valence-electron chi connectivity index (χ0n) is 9.85. The van der Waals surface area contributed by atoms with Gasteiger partial charge in [-0.05, 0) is 38.4 Å². The lowest BCUT2D eigenvalue weighted by Gasteiger charge is -2.08. The number of para-hydroxylation sites is 1. The minimum atomic E-state index is 0.710. The number of nitrogens with zero attached hydrogens (tertiary/aromatic N) is 1. The van der Waals surface area contributed by atoms with Crippen LogP contribution in [0.2, 0.25) is 0 Å². The summed E-state index contributed by atoms with van der Waals surface area (Å²) < 4.78 is 2.53. The maximum Gasteiger partial charge on any atom is 0.151 e. The van der Waals surface area contributed by atoms with Gasteiger partial charge in [-0.3, -0.25) is 0 Å². The Morgan fingerprint density at radius 1 is 1.35 bits per heavy atom. The molecule has 1 heterocycles. The van der Waals surface area contributed by atoms with Crippen LogP contribution < -0.4 is 5.32 Å². The normalized spacial score (nSPS) is 24.5. The van der Waals surface area contributed by atoms with Crippen LogP contribution in [0.15, 0.2) is 28.6 Å². The molecule has 3 rings (SSSR count). The van der Waals surface area contributed by atoms with E-state index >= 15 is 0 Å². The minimum absolute atomic E-state index is 0.710. The van der Waals surface area contributed by atoms with Crippen molar-refractivity contribution in [3.8, 4) is 0 Å². The monoisotopic (exact) mass is 264 g/mol. The fourth-order valence-electron chi connectivity index (χ4n) is 2.35. The maximum atomic E-state index is 4.69. The van der Waals surface area contributed by atoms with Gasteiger partial charge in [-0.15, -0.1) is 11.3 Å². The molecule has 1 aliphatic carbocycles. The molecular formula is C13H16N2S2. The molecule has 2 aromatic rings. The third-order valence-corrected chi connectivity index (χ3v) is 5.76. The SMILES string of the molecule is CNC1CCC(Sc2nc3ccccc3s2)C1. The standard InChI is InChI=1S/C13H16N2S2/c1-14-9-6-7-10(8-9)16-13-15-11-4-2-3-5-12(11)17-13/h2-5,9-10,14H,6-8H2,1H3. The summed E-state index contributed by atoms with van der Waals surface area (Å²) in [4.78, 5) is 4.69. The van der Waals surface area contributed by atoms with Gasteiger partial charge < -0.3 is 5.32 Å². The summed E-state index contributed by atoms with van der Waals surface area (Å²) in [5.41, 5.74) is 1.14. The lowest BCUT2D eigenvalue weighted by molar-refractivity contribution is 0.583. The van der Waals surface area contributed by atoms with E-state index in [1.807, 2.05) is 23.1 Å². The van der Waals surface area contributed by atoms with Crippen molar-refractivity contribution in [2.45, 2.75) is 34.9 Å². The zero-order valence-corrected chi connectivity index (χ0v) is 11.5. The first-order valence-electron chi connectivity index (χ1n) is 6.04. The second kappa shape index (κ2) is 4.96. The van der Waals surface area contributed by atoms with Crippen molar-refractivity contribution < 1.29 is 0 Å². The van der Waals surface area contributed by atoms with Crippen molar-refractivity contribution in [1.82, 2.24) is 10.3 Å². The molecule has 4 heteroatoms. The van der Waals surface area contributed by atoms with Crippen LogP contribution in [-0.2, 0) is 0 Å². The highest BCUT2D eigenvalue weighted by Gasteiger charge is 2.25. The van der Waals surface area contributed by atoms with Crippen molar-refractivity contribution in [1.29, 1.82) is 0 Å². The highest BCUT2D eigenvalue weighted by Crippen LogP contribution is 2.38. The highest BCUT2D eigenvalue weighted by molar-refractivity contribution is 8.01. The molecule has 1 N–H and O–H groups in total. The van der Waals surface area contributed by atoms with Crippen molar-refractivity contribution in [3.63, 3.8) is 0 Å². The molecule has 1 aromatic heterocycles.